The number of halogens is 1. The molecule has 3 rings (SSSR count). The highest BCUT2D eigenvalue weighted by molar-refractivity contribution is 6.36. The maximum absolute atomic E-state index is 12.6. The van der Waals surface area contributed by atoms with Gasteiger partial charge in [-0.3, -0.25) is 4.79 Å². The molecule has 0 unspecified atom stereocenters. The molecule has 31 heavy (non-hydrogen) atoms. The molecule has 0 bridgehead atoms. The largest absolute Gasteiger partial charge is 0.506 e. The van der Waals surface area contributed by atoms with E-state index < -0.39 is 0 Å². The van der Waals surface area contributed by atoms with Crippen molar-refractivity contribution in [3.05, 3.63) is 70.7 Å². The third-order valence-corrected chi connectivity index (χ3v) is 5.79. The van der Waals surface area contributed by atoms with Gasteiger partial charge in [0.25, 0.3) is 5.91 Å². The standard InChI is InChI=1S/C26H31ClN2O2/c1-2-3-4-5-8-16-28-20-13-11-19(12-14-20)15-17-29-26(31)23-18-24(27)21-9-6-7-10-22(21)25(23)30/h6-7,9-14,18,28,30H,2-5,8,15-17H2,1H3,(H,29,31). The number of phenols is 1. The lowest BCUT2D eigenvalue weighted by molar-refractivity contribution is 0.0951. The van der Waals surface area contributed by atoms with Crippen LogP contribution >= 0.6 is 11.6 Å². The van der Waals surface area contributed by atoms with Gasteiger partial charge in [0.2, 0.25) is 0 Å². The van der Waals surface area contributed by atoms with Crippen LogP contribution in [0, 0.1) is 0 Å². The van der Waals surface area contributed by atoms with Gasteiger partial charge in [0, 0.05) is 34.6 Å². The molecule has 0 saturated heterocycles. The number of hydrogen-bond donors (Lipinski definition) is 3. The number of aromatic hydroxyl groups is 1. The average Bonchev–Trinajstić information content (AvgIpc) is 2.79. The lowest BCUT2D eigenvalue weighted by Gasteiger charge is -2.11. The summed E-state index contributed by atoms with van der Waals surface area (Å²) in [6.45, 7) is 3.71. The molecule has 0 aliphatic heterocycles. The summed E-state index contributed by atoms with van der Waals surface area (Å²) in [5.74, 6) is -0.367. The number of amides is 1. The Morgan fingerprint density at radius 2 is 1.65 bits per heavy atom. The Kier molecular flexibility index (Phi) is 8.60. The molecule has 0 aliphatic carbocycles. The number of anilines is 1. The van der Waals surface area contributed by atoms with Crippen LogP contribution in [0.4, 0.5) is 5.69 Å². The summed E-state index contributed by atoms with van der Waals surface area (Å²) in [5.41, 5.74) is 2.47. The molecule has 3 aromatic carbocycles. The minimum Gasteiger partial charge on any atom is -0.506 e. The fraction of sp³-hybridized carbons (Fsp3) is 0.346. The summed E-state index contributed by atoms with van der Waals surface area (Å²) in [6, 6.07) is 17.1. The number of fused-ring (bicyclic) bond motifs is 1. The second-order valence-corrected chi connectivity index (χ2v) is 8.25. The van der Waals surface area contributed by atoms with Gasteiger partial charge >= 0.3 is 0 Å². The lowest BCUT2D eigenvalue weighted by Crippen LogP contribution is -2.25. The summed E-state index contributed by atoms with van der Waals surface area (Å²) < 4.78 is 0. The van der Waals surface area contributed by atoms with Crippen molar-refractivity contribution >= 4 is 34.0 Å². The normalized spacial score (nSPS) is 10.9. The fourth-order valence-electron chi connectivity index (χ4n) is 3.66. The highest BCUT2D eigenvalue weighted by Crippen LogP contribution is 2.34. The first kappa shape index (κ1) is 23.0. The molecule has 0 saturated carbocycles. The Balaban J connectivity index is 1.47. The highest BCUT2D eigenvalue weighted by Gasteiger charge is 2.16. The van der Waals surface area contributed by atoms with E-state index in [4.69, 9.17) is 11.6 Å². The van der Waals surface area contributed by atoms with Gasteiger partial charge in [-0.05, 0) is 36.6 Å². The minimum atomic E-state index is -0.327. The van der Waals surface area contributed by atoms with Crippen molar-refractivity contribution in [1.82, 2.24) is 5.32 Å². The predicted octanol–water partition coefficient (Wildman–Crippen LogP) is 6.55. The van der Waals surface area contributed by atoms with Crippen molar-refractivity contribution in [3.8, 4) is 5.75 Å². The van der Waals surface area contributed by atoms with Gasteiger partial charge < -0.3 is 15.7 Å². The van der Waals surface area contributed by atoms with Crippen LogP contribution in [0.3, 0.4) is 0 Å². The van der Waals surface area contributed by atoms with Gasteiger partial charge in [-0.15, -0.1) is 0 Å². The number of carbonyl (C=O) groups is 1. The Labute approximate surface area is 189 Å². The molecule has 3 N–H and O–H groups in total. The number of phenolic OH excluding ortho intramolecular Hbond substituents is 1. The van der Waals surface area contributed by atoms with Crippen LogP contribution in [-0.2, 0) is 6.42 Å². The Morgan fingerprint density at radius 1 is 0.935 bits per heavy atom. The number of carbonyl (C=O) groups excluding carboxylic acids is 1. The number of rotatable bonds is 11. The van der Waals surface area contributed by atoms with Crippen molar-refractivity contribution in [2.24, 2.45) is 0 Å². The zero-order valence-electron chi connectivity index (χ0n) is 18.1. The molecule has 0 heterocycles. The third kappa shape index (κ3) is 6.38. The molecule has 0 atom stereocenters. The van der Waals surface area contributed by atoms with Gasteiger partial charge in [0.15, 0.2) is 0 Å². The van der Waals surface area contributed by atoms with E-state index >= 15 is 0 Å². The average molecular weight is 439 g/mol. The molecule has 4 nitrogen and oxygen atoms in total. The summed E-state index contributed by atoms with van der Waals surface area (Å²) in [5, 5.41) is 18.6. The van der Waals surface area contributed by atoms with Crippen molar-refractivity contribution in [1.29, 1.82) is 0 Å². The van der Waals surface area contributed by atoms with Crippen LogP contribution in [0.15, 0.2) is 54.6 Å². The van der Waals surface area contributed by atoms with Gasteiger partial charge in [-0.2, -0.15) is 0 Å². The van der Waals surface area contributed by atoms with Crippen LogP contribution in [0.2, 0.25) is 5.02 Å². The molecule has 0 radical (unpaired) electrons. The molecule has 0 aliphatic rings. The lowest BCUT2D eigenvalue weighted by atomic mass is 10.0. The van der Waals surface area contributed by atoms with E-state index in [1.165, 1.54) is 38.2 Å². The third-order valence-electron chi connectivity index (χ3n) is 5.47. The smallest absolute Gasteiger partial charge is 0.255 e. The van der Waals surface area contributed by atoms with E-state index in [1.807, 2.05) is 18.2 Å². The van der Waals surface area contributed by atoms with E-state index in [0.717, 1.165) is 23.2 Å². The predicted molar refractivity (Wildman–Crippen MR) is 130 cm³/mol. The molecule has 1 amide bonds. The zero-order valence-corrected chi connectivity index (χ0v) is 18.8. The van der Waals surface area contributed by atoms with Crippen LogP contribution in [0.25, 0.3) is 10.8 Å². The van der Waals surface area contributed by atoms with E-state index in [2.05, 4.69) is 41.8 Å². The van der Waals surface area contributed by atoms with E-state index in [0.29, 0.717) is 23.4 Å². The molecule has 5 heteroatoms. The Morgan fingerprint density at radius 3 is 2.39 bits per heavy atom. The maximum atomic E-state index is 12.6. The number of hydrogen-bond acceptors (Lipinski definition) is 3. The second kappa shape index (κ2) is 11.6. The minimum absolute atomic E-state index is 0.0392. The molecule has 164 valence electrons. The summed E-state index contributed by atoms with van der Waals surface area (Å²) >= 11 is 6.29. The molecular formula is C26H31ClN2O2. The topological polar surface area (TPSA) is 61.4 Å². The van der Waals surface area contributed by atoms with E-state index in [-0.39, 0.29) is 17.2 Å². The highest BCUT2D eigenvalue weighted by atomic mass is 35.5. The van der Waals surface area contributed by atoms with Crippen LogP contribution in [0.5, 0.6) is 5.75 Å². The summed E-state index contributed by atoms with van der Waals surface area (Å²) in [4.78, 5) is 12.6. The van der Waals surface area contributed by atoms with Crippen molar-refractivity contribution in [3.63, 3.8) is 0 Å². The maximum Gasteiger partial charge on any atom is 0.255 e. The van der Waals surface area contributed by atoms with Gasteiger partial charge in [0.1, 0.15) is 5.75 Å². The van der Waals surface area contributed by atoms with Crippen molar-refractivity contribution < 1.29 is 9.90 Å². The van der Waals surface area contributed by atoms with Gasteiger partial charge in [0.05, 0.1) is 5.56 Å². The Bertz CT molecular complexity index is 1000. The first-order valence-electron chi connectivity index (χ1n) is 11.1. The summed E-state index contributed by atoms with van der Waals surface area (Å²) in [6.07, 6.45) is 7.08. The molecule has 0 spiro atoms. The van der Waals surface area contributed by atoms with E-state index in [1.54, 1.807) is 6.07 Å². The van der Waals surface area contributed by atoms with Crippen molar-refractivity contribution in [2.75, 3.05) is 18.4 Å². The van der Waals surface area contributed by atoms with Crippen LogP contribution in [0.1, 0.15) is 54.9 Å². The second-order valence-electron chi connectivity index (χ2n) is 7.84. The zero-order chi connectivity index (χ0) is 22.1. The van der Waals surface area contributed by atoms with Crippen LogP contribution < -0.4 is 10.6 Å². The quantitative estimate of drug-likeness (QED) is 0.297. The first-order chi connectivity index (χ1) is 15.1. The fourth-order valence-corrected chi connectivity index (χ4v) is 3.93. The molecule has 3 aromatic rings. The molecule has 0 aromatic heterocycles. The monoisotopic (exact) mass is 438 g/mol. The van der Waals surface area contributed by atoms with Crippen molar-refractivity contribution in [2.45, 2.75) is 45.4 Å². The Hall–Kier alpha value is -2.72. The SMILES string of the molecule is CCCCCCCNc1ccc(CCNC(=O)c2cc(Cl)c3ccccc3c2O)cc1. The number of nitrogens with one attached hydrogen (secondary N) is 2. The number of benzene rings is 3. The molecule has 0 fully saturated rings. The molecular weight excluding hydrogens is 408 g/mol. The first-order valence-corrected chi connectivity index (χ1v) is 11.5. The van der Waals surface area contributed by atoms with Crippen LogP contribution in [-0.4, -0.2) is 24.1 Å². The summed E-state index contributed by atoms with van der Waals surface area (Å²) in [7, 11) is 0. The number of unbranched alkanes of at least 4 members (excludes halogenated alkanes) is 4. The van der Waals surface area contributed by atoms with Gasteiger partial charge in [-0.25, -0.2) is 0 Å². The van der Waals surface area contributed by atoms with E-state index in [9.17, 15) is 9.90 Å². The van der Waals surface area contributed by atoms with Gasteiger partial charge in [-0.1, -0.05) is 80.6 Å².